The first-order chi connectivity index (χ1) is 7.45. The van der Waals surface area contributed by atoms with Gasteiger partial charge in [-0.25, -0.2) is 0 Å². The summed E-state index contributed by atoms with van der Waals surface area (Å²) in [5.41, 5.74) is 1.14. The van der Waals surface area contributed by atoms with Crippen LogP contribution in [0.2, 0.25) is 5.02 Å². The molecular formula is C13H17ClO2. The van der Waals surface area contributed by atoms with E-state index in [-0.39, 0.29) is 5.41 Å². The van der Waals surface area contributed by atoms with Crippen molar-refractivity contribution in [3.05, 3.63) is 28.8 Å². The second kappa shape index (κ2) is 3.94. The van der Waals surface area contributed by atoms with Gasteiger partial charge < -0.3 is 9.84 Å². The number of aliphatic hydroxyl groups excluding tert-OH is 1. The first-order valence-electron chi connectivity index (χ1n) is 5.47. The average molecular weight is 241 g/mol. The Morgan fingerprint density at radius 3 is 2.62 bits per heavy atom. The first kappa shape index (κ1) is 11.7. The Morgan fingerprint density at radius 1 is 1.50 bits per heavy atom. The highest BCUT2D eigenvalue weighted by molar-refractivity contribution is 6.32. The molecule has 2 nitrogen and oxygen atoms in total. The van der Waals surface area contributed by atoms with Gasteiger partial charge in [-0.05, 0) is 35.4 Å². The Bertz CT molecular complexity index is 401. The van der Waals surface area contributed by atoms with E-state index in [1.54, 1.807) is 13.2 Å². The number of methoxy groups -OCH3 is 1. The van der Waals surface area contributed by atoms with Gasteiger partial charge in [-0.15, -0.1) is 0 Å². The van der Waals surface area contributed by atoms with Gasteiger partial charge in [0.05, 0.1) is 18.2 Å². The zero-order chi connectivity index (χ0) is 11.9. The molecule has 2 unspecified atom stereocenters. The van der Waals surface area contributed by atoms with Gasteiger partial charge in [-0.2, -0.15) is 0 Å². The van der Waals surface area contributed by atoms with E-state index in [0.717, 1.165) is 12.0 Å². The predicted molar refractivity (Wildman–Crippen MR) is 64.9 cm³/mol. The molecule has 1 aromatic rings. The van der Waals surface area contributed by atoms with Crippen molar-refractivity contribution < 1.29 is 9.84 Å². The van der Waals surface area contributed by atoms with Crippen molar-refractivity contribution in [3.63, 3.8) is 0 Å². The minimum absolute atomic E-state index is 0.256. The number of hydrogen-bond acceptors (Lipinski definition) is 2. The van der Waals surface area contributed by atoms with Crippen LogP contribution >= 0.6 is 11.6 Å². The second-order valence-corrected chi connectivity index (χ2v) is 5.55. The van der Waals surface area contributed by atoms with E-state index in [0.29, 0.717) is 16.7 Å². The van der Waals surface area contributed by atoms with Crippen LogP contribution in [0.4, 0.5) is 0 Å². The van der Waals surface area contributed by atoms with Crippen molar-refractivity contribution in [2.45, 2.75) is 26.4 Å². The first-order valence-corrected chi connectivity index (χ1v) is 5.85. The Balaban J connectivity index is 2.21. The van der Waals surface area contributed by atoms with E-state index >= 15 is 0 Å². The smallest absolute Gasteiger partial charge is 0.137 e. The fourth-order valence-corrected chi connectivity index (χ4v) is 2.33. The molecule has 2 rings (SSSR count). The Kier molecular flexibility index (Phi) is 2.89. The Labute approximate surface area is 101 Å². The predicted octanol–water partition coefficient (Wildman–Crippen LogP) is 3.43. The van der Waals surface area contributed by atoms with Crippen LogP contribution in [0.3, 0.4) is 0 Å². The van der Waals surface area contributed by atoms with Crippen LogP contribution in [0.1, 0.15) is 31.9 Å². The van der Waals surface area contributed by atoms with Crippen molar-refractivity contribution in [2.24, 2.45) is 11.3 Å². The molecule has 0 aliphatic heterocycles. The minimum Gasteiger partial charge on any atom is -0.495 e. The van der Waals surface area contributed by atoms with Gasteiger partial charge in [0.1, 0.15) is 5.75 Å². The highest BCUT2D eigenvalue weighted by Gasteiger charge is 2.50. The summed E-state index contributed by atoms with van der Waals surface area (Å²) in [6.45, 7) is 4.35. The molecule has 16 heavy (non-hydrogen) atoms. The lowest BCUT2D eigenvalue weighted by molar-refractivity contribution is 0.138. The summed E-state index contributed by atoms with van der Waals surface area (Å²) >= 11 is 5.95. The molecule has 0 saturated heterocycles. The van der Waals surface area contributed by atoms with E-state index in [4.69, 9.17) is 16.3 Å². The van der Waals surface area contributed by atoms with E-state index in [2.05, 4.69) is 13.8 Å². The number of halogens is 1. The molecule has 1 aliphatic carbocycles. The quantitative estimate of drug-likeness (QED) is 0.877. The molecule has 1 aromatic carbocycles. The van der Waals surface area contributed by atoms with Crippen molar-refractivity contribution in [3.8, 4) is 5.75 Å². The van der Waals surface area contributed by atoms with Crippen molar-refractivity contribution in [2.75, 3.05) is 7.11 Å². The molecule has 3 heteroatoms. The zero-order valence-corrected chi connectivity index (χ0v) is 10.6. The van der Waals surface area contributed by atoms with Crippen LogP contribution in [-0.4, -0.2) is 12.2 Å². The molecule has 1 saturated carbocycles. The number of ether oxygens (including phenoxy) is 1. The summed E-state index contributed by atoms with van der Waals surface area (Å²) in [5, 5.41) is 10.8. The summed E-state index contributed by atoms with van der Waals surface area (Å²) in [4.78, 5) is 0. The van der Waals surface area contributed by atoms with Gasteiger partial charge in [-0.1, -0.05) is 31.5 Å². The molecule has 0 heterocycles. The summed E-state index contributed by atoms with van der Waals surface area (Å²) in [5.74, 6) is 0.968. The molecule has 88 valence electrons. The van der Waals surface area contributed by atoms with Crippen LogP contribution < -0.4 is 4.74 Å². The van der Waals surface area contributed by atoms with Crippen molar-refractivity contribution in [1.82, 2.24) is 0 Å². The summed E-state index contributed by atoms with van der Waals surface area (Å²) < 4.78 is 5.14. The molecule has 0 amide bonds. The van der Waals surface area contributed by atoms with Crippen LogP contribution in [0.25, 0.3) is 0 Å². The molecule has 0 aromatic heterocycles. The topological polar surface area (TPSA) is 29.5 Å². The number of rotatable bonds is 3. The van der Waals surface area contributed by atoms with Gasteiger partial charge in [-0.3, -0.25) is 0 Å². The lowest BCUT2D eigenvalue weighted by Gasteiger charge is -2.14. The summed E-state index contributed by atoms with van der Waals surface area (Å²) in [6, 6.07) is 5.46. The van der Waals surface area contributed by atoms with E-state index in [1.807, 2.05) is 12.1 Å². The minimum atomic E-state index is -0.416. The van der Waals surface area contributed by atoms with Crippen LogP contribution in [0, 0.1) is 11.3 Å². The second-order valence-electron chi connectivity index (χ2n) is 5.14. The highest BCUT2D eigenvalue weighted by atomic mass is 35.5. The van der Waals surface area contributed by atoms with Gasteiger partial charge in [0.15, 0.2) is 0 Å². The molecule has 0 bridgehead atoms. The van der Waals surface area contributed by atoms with Gasteiger partial charge in [0.2, 0.25) is 0 Å². The molecule has 1 N–H and O–H groups in total. The van der Waals surface area contributed by atoms with Crippen LogP contribution in [-0.2, 0) is 0 Å². The van der Waals surface area contributed by atoms with Crippen molar-refractivity contribution >= 4 is 11.6 Å². The lowest BCUT2D eigenvalue weighted by Crippen LogP contribution is -2.04. The molecule has 1 aliphatic rings. The van der Waals surface area contributed by atoms with E-state index in [9.17, 15) is 5.11 Å². The average Bonchev–Trinajstić information content (AvgIpc) is 2.87. The van der Waals surface area contributed by atoms with Gasteiger partial charge in [0, 0.05) is 0 Å². The number of hydrogen-bond donors (Lipinski definition) is 1. The molecule has 0 radical (unpaired) electrons. The monoisotopic (exact) mass is 240 g/mol. The molecule has 0 spiro atoms. The Morgan fingerprint density at radius 2 is 2.12 bits per heavy atom. The molecule has 2 atom stereocenters. The van der Waals surface area contributed by atoms with Gasteiger partial charge >= 0.3 is 0 Å². The lowest BCUT2D eigenvalue weighted by atomic mass is 9.99. The van der Waals surface area contributed by atoms with Crippen LogP contribution in [0.5, 0.6) is 5.75 Å². The highest BCUT2D eigenvalue weighted by Crippen LogP contribution is 2.57. The Hall–Kier alpha value is -0.730. The maximum atomic E-state index is 10.2. The van der Waals surface area contributed by atoms with Gasteiger partial charge in [0.25, 0.3) is 0 Å². The maximum Gasteiger partial charge on any atom is 0.137 e. The largest absolute Gasteiger partial charge is 0.495 e. The normalized spacial score (nSPS) is 23.9. The summed E-state index contributed by atoms with van der Waals surface area (Å²) in [7, 11) is 1.58. The van der Waals surface area contributed by atoms with E-state index < -0.39 is 6.10 Å². The molecular weight excluding hydrogens is 224 g/mol. The third-order valence-corrected chi connectivity index (χ3v) is 3.80. The third-order valence-electron chi connectivity index (χ3n) is 3.49. The fraction of sp³-hybridized carbons (Fsp3) is 0.538. The number of benzene rings is 1. The standard InChI is InChI=1S/C13H17ClO2/c1-13(2)7-9(13)12(15)8-4-5-10(14)11(6-8)16-3/h4-6,9,12,15H,7H2,1-3H3. The maximum absolute atomic E-state index is 10.2. The zero-order valence-electron chi connectivity index (χ0n) is 9.83. The fourth-order valence-electron chi connectivity index (χ4n) is 2.14. The molecule has 1 fully saturated rings. The third kappa shape index (κ3) is 2.04. The van der Waals surface area contributed by atoms with Crippen LogP contribution in [0.15, 0.2) is 18.2 Å². The van der Waals surface area contributed by atoms with E-state index in [1.165, 1.54) is 0 Å². The summed E-state index contributed by atoms with van der Waals surface area (Å²) in [6.07, 6.45) is 0.653. The number of aliphatic hydroxyl groups is 1. The SMILES string of the molecule is COc1cc(C(O)C2CC2(C)C)ccc1Cl. The van der Waals surface area contributed by atoms with Crippen molar-refractivity contribution in [1.29, 1.82) is 0 Å².